The van der Waals surface area contributed by atoms with Gasteiger partial charge in [-0.1, -0.05) is 38.2 Å². The van der Waals surface area contributed by atoms with Crippen LogP contribution in [0.2, 0.25) is 0 Å². The highest BCUT2D eigenvalue weighted by molar-refractivity contribution is 14.1. The van der Waals surface area contributed by atoms with Gasteiger partial charge < -0.3 is 10.2 Å². The quantitative estimate of drug-likeness (QED) is 0.198. The molecule has 6 heteroatoms. The van der Waals surface area contributed by atoms with Crippen molar-refractivity contribution in [3.05, 3.63) is 40.5 Å². The molecule has 1 aromatic rings. The van der Waals surface area contributed by atoms with Crippen LogP contribution in [0.4, 0.5) is 10.5 Å². The van der Waals surface area contributed by atoms with E-state index in [-0.39, 0.29) is 11.6 Å². The van der Waals surface area contributed by atoms with Gasteiger partial charge in [0.1, 0.15) is 11.4 Å². The minimum absolute atomic E-state index is 0.109. The van der Waals surface area contributed by atoms with Crippen LogP contribution in [-0.2, 0) is 0 Å². The number of anilines is 1. The first-order valence-electron chi connectivity index (χ1n) is 13.3. The van der Waals surface area contributed by atoms with Gasteiger partial charge in [0.05, 0.1) is 0 Å². The molecule has 0 radical (unpaired) electrons. The van der Waals surface area contributed by atoms with Crippen LogP contribution in [0, 0.1) is 3.57 Å². The lowest BCUT2D eigenvalue weighted by molar-refractivity contribution is 0.127. The van der Waals surface area contributed by atoms with Crippen molar-refractivity contribution in [2.75, 3.05) is 18.0 Å². The Hall–Kier alpha value is -1.41. The number of rotatable bonds is 9. The summed E-state index contributed by atoms with van der Waals surface area (Å²) in [5.41, 5.74) is 0.610. The molecular weight excluding hydrogens is 535 g/mol. The van der Waals surface area contributed by atoms with Gasteiger partial charge in [0.15, 0.2) is 0 Å². The first-order valence-corrected chi connectivity index (χ1v) is 14.4. The largest absolute Gasteiger partial charge is 0.369 e. The van der Waals surface area contributed by atoms with Crippen molar-refractivity contribution in [1.29, 1.82) is 0 Å². The Kier molecular flexibility index (Phi) is 9.08. The number of nitrogens with one attached hydrogen (secondary N) is 1. The van der Waals surface area contributed by atoms with E-state index in [1.165, 1.54) is 61.4 Å². The van der Waals surface area contributed by atoms with E-state index in [0.29, 0.717) is 12.1 Å². The molecule has 0 aromatic heterocycles. The maximum Gasteiger partial charge on any atom is 0.350 e. The molecule has 5 nitrogen and oxygen atoms in total. The molecule has 186 valence electrons. The van der Waals surface area contributed by atoms with Gasteiger partial charge in [-0.2, -0.15) is 4.99 Å². The second-order valence-corrected chi connectivity index (χ2v) is 11.6. The van der Waals surface area contributed by atoms with Crippen LogP contribution in [0.25, 0.3) is 0 Å². The van der Waals surface area contributed by atoms with Gasteiger partial charge in [-0.15, -0.1) is 6.58 Å². The summed E-state index contributed by atoms with van der Waals surface area (Å²) >= 11 is 2.32. The lowest BCUT2D eigenvalue weighted by Crippen LogP contribution is -2.64. The molecule has 2 atom stereocenters. The number of carbonyl (C=O) groups excluding carboxylic acids is 1. The Bertz CT molecular complexity index is 864. The van der Waals surface area contributed by atoms with Crippen molar-refractivity contribution < 1.29 is 4.79 Å². The monoisotopic (exact) mass is 576 g/mol. The lowest BCUT2D eigenvalue weighted by atomic mass is 9.80. The standard InChI is InChI=1S/C28H41IN4O/c1-3-4-5-6-7-11-19-32-20-18-28(21-22(32)2)26(30-24-12-9-8-10-13-24)31-27(34)33(28)25-16-14-23(29)15-17-25/h3,14-17,22,24H,1,4-13,18-21H2,2H3,(H,30,31,34). The average Bonchev–Trinajstić information content (AvgIpc) is 3.09. The van der Waals surface area contributed by atoms with E-state index in [1.54, 1.807) is 0 Å². The Balaban J connectivity index is 1.49. The molecule has 2 aliphatic heterocycles. The highest BCUT2D eigenvalue weighted by Crippen LogP contribution is 2.41. The predicted octanol–water partition coefficient (Wildman–Crippen LogP) is 6.91. The van der Waals surface area contributed by atoms with Gasteiger partial charge in [-0.25, -0.2) is 4.79 Å². The third kappa shape index (κ3) is 5.86. The van der Waals surface area contributed by atoms with Crippen LogP contribution in [0.1, 0.15) is 84.0 Å². The van der Waals surface area contributed by atoms with Gasteiger partial charge >= 0.3 is 6.03 Å². The van der Waals surface area contributed by atoms with E-state index in [9.17, 15) is 4.79 Å². The number of nitrogens with zero attached hydrogens (tertiary/aromatic N) is 3. The van der Waals surface area contributed by atoms with Crippen molar-refractivity contribution in [1.82, 2.24) is 10.2 Å². The molecule has 2 fully saturated rings. The van der Waals surface area contributed by atoms with Crippen LogP contribution >= 0.6 is 22.6 Å². The molecule has 3 aliphatic rings. The first kappa shape index (κ1) is 25.7. The second-order valence-electron chi connectivity index (χ2n) is 10.4. The van der Waals surface area contributed by atoms with Crippen molar-refractivity contribution in [2.45, 2.75) is 102 Å². The average molecular weight is 577 g/mol. The number of aliphatic imine (C=N–C) groups is 1. The van der Waals surface area contributed by atoms with Gasteiger partial charge in [0, 0.05) is 27.9 Å². The number of carbonyl (C=O) groups is 1. The zero-order valence-corrected chi connectivity index (χ0v) is 22.9. The SMILES string of the molecule is C=CCCCCCCN1CCC2(CC1C)C(NC1CCCCC1)=NC(=O)N2c1ccc(I)cc1. The van der Waals surface area contributed by atoms with E-state index >= 15 is 0 Å². The summed E-state index contributed by atoms with van der Waals surface area (Å²) in [6, 6.07) is 9.10. The summed E-state index contributed by atoms with van der Waals surface area (Å²) in [5.74, 6) is 0.930. The fourth-order valence-corrected chi connectivity index (χ4v) is 6.43. The smallest absolute Gasteiger partial charge is 0.350 e. The normalized spacial score (nSPS) is 26.2. The van der Waals surface area contributed by atoms with E-state index in [2.05, 4.69) is 75.6 Å². The number of amidine groups is 1. The zero-order chi connectivity index (χ0) is 24.0. The molecule has 4 rings (SSSR count). The van der Waals surface area contributed by atoms with Gasteiger partial charge in [0.25, 0.3) is 0 Å². The zero-order valence-electron chi connectivity index (χ0n) is 20.8. The number of unbranched alkanes of at least 4 members (excludes halogenated alkanes) is 4. The highest BCUT2D eigenvalue weighted by atomic mass is 127. The number of piperidine rings is 1. The van der Waals surface area contributed by atoms with Crippen LogP contribution in [0.5, 0.6) is 0 Å². The lowest BCUT2D eigenvalue weighted by Gasteiger charge is -2.48. The third-order valence-corrected chi connectivity index (χ3v) is 8.69. The predicted molar refractivity (Wildman–Crippen MR) is 151 cm³/mol. The van der Waals surface area contributed by atoms with Crippen molar-refractivity contribution >= 4 is 40.1 Å². The summed E-state index contributed by atoms with van der Waals surface area (Å²) in [6.07, 6.45) is 16.3. The van der Waals surface area contributed by atoms with Gasteiger partial charge in [-0.3, -0.25) is 4.90 Å². The Morgan fingerprint density at radius 2 is 1.88 bits per heavy atom. The van der Waals surface area contributed by atoms with Crippen LogP contribution in [0.15, 0.2) is 41.9 Å². The van der Waals surface area contributed by atoms with E-state index in [0.717, 1.165) is 43.9 Å². The number of allylic oxidation sites excluding steroid dienone is 1. The Morgan fingerprint density at radius 1 is 1.15 bits per heavy atom. The summed E-state index contributed by atoms with van der Waals surface area (Å²) in [6.45, 7) is 8.32. The molecule has 0 bridgehead atoms. The molecule has 2 unspecified atom stereocenters. The van der Waals surface area contributed by atoms with E-state index in [4.69, 9.17) is 0 Å². The van der Waals surface area contributed by atoms with Crippen molar-refractivity contribution in [3.63, 3.8) is 0 Å². The maximum absolute atomic E-state index is 13.3. The van der Waals surface area contributed by atoms with E-state index < -0.39 is 0 Å². The van der Waals surface area contributed by atoms with Crippen molar-refractivity contribution in [2.24, 2.45) is 4.99 Å². The molecule has 1 saturated carbocycles. The number of likely N-dealkylation sites (tertiary alicyclic amines) is 1. The number of urea groups is 1. The van der Waals surface area contributed by atoms with Crippen molar-refractivity contribution in [3.8, 4) is 0 Å². The number of amides is 2. The molecule has 1 saturated heterocycles. The maximum atomic E-state index is 13.3. The number of benzene rings is 1. The summed E-state index contributed by atoms with van der Waals surface area (Å²) in [7, 11) is 0. The molecule has 34 heavy (non-hydrogen) atoms. The van der Waals surface area contributed by atoms with Crippen LogP contribution in [0.3, 0.4) is 0 Å². The number of halogens is 1. The molecule has 2 amide bonds. The number of hydrogen-bond donors (Lipinski definition) is 1. The second kappa shape index (κ2) is 12.0. The van der Waals surface area contributed by atoms with Crippen LogP contribution < -0.4 is 10.2 Å². The minimum Gasteiger partial charge on any atom is -0.369 e. The molecule has 2 heterocycles. The highest BCUT2D eigenvalue weighted by Gasteiger charge is 2.53. The fourth-order valence-electron chi connectivity index (χ4n) is 6.07. The van der Waals surface area contributed by atoms with Gasteiger partial charge in [0.2, 0.25) is 0 Å². The molecule has 1 aliphatic carbocycles. The summed E-state index contributed by atoms with van der Waals surface area (Å²) in [4.78, 5) is 22.7. The first-order chi connectivity index (χ1) is 16.5. The number of hydrogen-bond acceptors (Lipinski definition) is 3. The summed E-state index contributed by atoms with van der Waals surface area (Å²) in [5, 5.41) is 3.79. The Labute approximate surface area is 219 Å². The third-order valence-electron chi connectivity index (χ3n) is 7.97. The summed E-state index contributed by atoms with van der Waals surface area (Å²) < 4.78 is 1.18. The van der Waals surface area contributed by atoms with Gasteiger partial charge in [-0.05, 0) is 105 Å². The van der Waals surface area contributed by atoms with E-state index in [1.807, 2.05) is 11.0 Å². The van der Waals surface area contributed by atoms with Crippen LogP contribution in [-0.4, -0.2) is 47.5 Å². The molecule has 1 aromatic carbocycles. The fraction of sp³-hybridized carbons (Fsp3) is 0.643. The minimum atomic E-state index is -0.360. The molecule has 1 N–H and O–H groups in total. The Morgan fingerprint density at radius 3 is 2.59 bits per heavy atom. The molecular formula is C28H41IN4O. The molecule has 1 spiro atoms. The topological polar surface area (TPSA) is 47.9 Å².